The van der Waals surface area contributed by atoms with Crippen LogP contribution in [0.3, 0.4) is 0 Å². The summed E-state index contributed by atoms with van der Waals surface area (Å²) in [6, 6.07) is 0. The Morgan fingerprint density at radius 3 is 2.35 bits per heavy atom. The Morgan fingerprint density at radius 1 is 1.15 bits per heavy atom. The predicted molar refractivity (Wildman–Crippen MR) is 80.2 cm³/mol. The normalized spacial score (nSPS) is 10.7. The molecule has 0 aromatic carbocycles. The van der Waals surface area contributed by atoms with Gasteiger partial charge < -0.3 is 15.4 Å². The lowest BCUT2D eigenvalue weighted by Crippen LogP contribution is -2.38. The molecule has 0 spiro atoms. The van der Waals surface area contributed by atoms with Crippen LogP contribution in [0.1, 0.15) is 52.9 Å². The lowest BCUT2D eigenvalue weighted by atomic mass is 10.1. The van der Waals surface area contributed by atoms with Gasteiger partial charge in [-0.05, 0) is 32.2 Å². The van der Waals surface area contributed by atoms with Crippen molar-refractivity contribution in [3.8, 4) is 0 Å². The number of amides is 1. The number of rotatable bonds is 11. The summed E-state index contributed by atoms with van der Waals surface area (Å²) in [5.74, 6) is 0.0507. The van der Waals surface area contributed by atoms with Crippen molar-refractivity contribution in [2.24, 2.45) is 11.7 Å². The van der Waals surface area contributed by atoms with Crippen molar-refractivity contribution in [1.29, 1.82) is 0 Å². The molecule has 0 heterocycles. The van der Waals surface area contributed by atoms with Crippen molar-refractivity contribution in [2.45, 2.75) is 52.9 Å². The third-order valence-corrected chi connectivity index (χ3v) is 2.91. The quantitative estimate of drug-likeness (QED) is 0.465. The molecule has 2 N–H and O–H groups in total. The minimum absolute atomic E-state index is 0.0412. The molecule has 0 aliphatic carbocycles. The van der Waals surface area contributed by atoms with Gasteiger partial charge in [0.2, 0.25) is 5.91 Å². The van der Waals surface area contributed by atoms with Crippen molar-refractivity contribution in [1.82, 2.24) is 4.90 Å². The molecule has 5 heteroatoms. The van der Waals surface area contributed by atoms with Gasteiger partial charge >= 0.3 is 5.97 Å². The maximum Gasteiger partial charge on any atom is 0.325 e. The Morgan fingerprint density at radius 2 is 1.80 bits per heavy atom. The first-order valence-corrected chi connectivity index (χ1v) is 7.64. The van der Waals surface area contributed by atoms with Gasteiger partial charge in [-0.25, -0.2) is 0 Å². The number of nitrogens with two attached hydrogens (primary N) is 1. The summed E-state index contributed by atoms with van der Waals surface area (Å²) in [6.45, 7) is 7.55. The van der Waals surface area contributed by atoms with Crippen LogP contribution in [0.5, 0.6) is 0 Å². The maximum atomic E-state index is 12.1. The topological polar surface area (TPSA) is 72.6 Å². The Labute approximate surface area is 122 Å². The number of unbranched alkanes of at least 4 members (excludes halogenated alkanes) is 3. The first-order valence-electron chi connectivity index (χ1n) is 7.64. The molecule has 1 amide bonds. The molecule has 0 fully saturated rings. The first kappa shape index (κ1) is 18.9. The Bertz CT molecular complexity index is 280. The largest absolute Gasteiger partial charge is 0.465 e. The smallest absolute Gasteiger partial charge is 0.325 e. The summed E-state index contributed by atoms with van der Waals surface area (Å²) in [4.78, 5) is 25.3. The van der Waals surface area contributed by atoms with Crippen molar-refractivity contribution < 1.29 is 14.3 Å². The van der Waals surface area contributed by atoms with Crippen LogP contribution in [0, 0.1) is 5.92 Å². The van der Waals surface area contributed by atoms with Crippen LogP contribution in [0.2, 0.25) is 0 Å². The van der Waals surface area contributed by atoms with E-state index in [0.29, 0.717) is 32.0 Å². The van der Waals surface area contributed by atoms with Gasteiger partial charge in [0, 0.05) is 13.0 Å². The van der Waals surface area contributed by atoms with E-state index < -0.39 is 0 Å². The number of nitrogens with zero attached hydrogens (tertiary/aromatic N) is 1. The lowest BCUT2D eigenvalue weighted by molar-refractivity contribution is -0.149. The van der Waals surface area contributed by atoms with Crippen LogP contribution in [-0.4, -0.2) is 43.0 Å². The minimum Gasteiger partial charge on any atom is -0.465 e. The van der Waals surface area contributed by atoms with E-state index in [9.17, 15) is 9.59 Å². The highest BCUT2D eigenvalue weighted by atomic mass is 16.5. The molecule has 0 aliphatic rings. The van der Waals surface area contributed by atoms with Gasteiger partial charge in [-0.1, -0.05) is 26.7 Å². The van der Waals surface area contributed by atoms with Crippen molar-refractivity contribution >= 4 is 11.9 Å². The molecule has 118 valence electrons. The number of ether oxygens (including phenoxy) is 1. The van der Waals surface area contributed by atoms with Gasteiger partial charge in [0.25, 0.3) is 0 Å². The van der Waals surface area contributed by atoms with Gasteiger partial charge in [0.15, 0.2) is 0 Å². The first-order chi connectivity index (χ1) is 9.51. The molecule has 0 atom stereocenters. The second-order valence-electron chi connectivity index (χ2n) is 5.43. The molecule has 0 aliphatic heterocycles. The second kappa shape index (κ2) is 11.7. The average Bonchev–Trinajstić information content (AvgIpc) is 2.37. The number of hydrogen-bond acceptors (Lipinski definition) is 4. The van der Waals surface area contributed by atoms with Gasteiger partial charge in [-0.15, -0.1) is 0 Å². The zero-order chi connectivity index (χ0) is 15.4. The second-order valence-corrected chi connectivity index (χ2v) is 5.43. The van der Waals surface area contributed by atoms with Crippen LogP contribution in [-0.2, 0) is 14.3 Å². The van der Waals surface area contributed by atoms with Crippen molar-refractivity contribution in [2.75, 3.05) is 26.2 Å². The highest BCUT2D eigenvalue weighted by Gasteiger charge is 2.18. The van der Waals surface area contributed by atoms with Gasteiger partial charge in [-0.2, -0.15) is 0 Å². The van der Waals surface area contributed by atoms with E-state index in [2.05, 4.69) is 0 Å². The van der Waals surface area contributed by atoms with Crippen LogP contribution in [0.25, 0.3) is 0 Å². The van der Waals surface area contributed by atoms with Gasteiger partial charge in [0.05, 0.1) is 6.61 Å². The zero-order valence-corrected chi connectivity index (χ0v) is 13.2. The van der Waals surface area contributed by atoms with Crippen LogP contribution >= 0.6 is 0 Å². The fourth-order valence-electron chi connectivity index (χ4n) is 1.99. The SMILES string of the molecule is CCOC(=O)CN(CC(C)C)C(=O)CCCCCCN. The zero-order valence-electron chi connectivity index (χ0n) is 13.2. The number of carbonyl (C=O) groups excluding carboxylic acids is 2. The molecule has 0 rings (SSSR count). The van der Waals surface area contributed by atoms with Crippen molar-refractivity contribution in [3.05, 3.63) is 0 Å². The van der Waals surface area contributed by atoms with E-state index >= 15 is 0 Å². The van der Waals surface area contributed by atoms with Crippen LogP contribution in [0.15, 0.2) is 0 Å². The van der Waals surface area contributed by atoms with E-state index in [4.69, 9.17) is 10.5 Å². The fraction of sp³-hybridized carbons (Fsp3) is 0.867. The Balaban J connectivity index is 4.16. The number of hydrogen-bond donors (Lipinski definition) is 1. The van der Waals surface area contributed by atoms with Crippen LogP contribution < -0.4 is 5.73 Å². The van der Waals surface area contributed by atoms with E-state index in [-0.39, 0.29) is 18.4 Å². The number of carbonyl (C=O) groups is 2. The molecule has 0 bridgehead atoms. The summed E-state index contributed by atoms with van der Waals surface area (Å²) < 4.78 is 4.91. The molecular weight excluding hydrogens is 256 g/mol. The molecule has 0 aromatic rings. The monoisotopic (exact) mass is 286 g/mol. The molecule has 5 nitrogen and oxygen atoms in total. The van der Waals surface area contributed by atoms with Crippen molar-refractivity contribution in [3.63, 3.8) is 0 Å². The molecule has 0 aromatic heterocycles. The fourth-order valence-corrected chi connectivity index (χ4v) is 1.99. The molecule has 0 saturated carbocycles. The third-order valence-electron chi connectivity index (χ3n) is 2.91. The summed E-state index contributed by atoms with van der Waals surface area (Å²) in [5, 5.41) is 0. The minimum atomic E-state index is -0.329. The summed E-state index contributed by atoms with van der Waals surface area (Å²) in [6.07, 6.45) is 4.43. The lowest BCUT2D eigenvalue weighted by Gasteiger charge is -2.23. The predicted octanol–water partition coefficient (Wildman–Crippen LogP) is 1.94. The van der Waals surface area contributed by atoms with E-state index in [1.54, 1.807) is 11.8 Å². The summed E-state index contributed by atoms with van der Waals surface area (Å²) in [7, 11) is 0. The Hall–Kier alpha value is -1.10. The Kier molecular flexibility index (Phi) is 11.1. The standard InChI is InChI=1S/C15H30N2O3/c1-4-20-15(19)12-17(11-13(2)3)14(18)9-7-5-6-8-10-16/h13H,4-12,16H2,1-3H3. The maximum absolute atomic E-state index is 12.1. The van der Waals surface area contributed by atoms with E-state index in [0.717, 1.165) is 25.7 Å². The third kappa shape index (κ3) is 9.78. The summed E-state index contributed by atoms with van der Waals surface area (Å²) >= 11 is 0. The highest BCUT2D eigenvalue weighted by Crippen LogP contribution is 2.07. The molecular formula is C15H30N2O3. The van der Waals surface area contributed by atoms with E-state index in [1.165, 1.54) is 0 Å². The molecule has 0 radical (unpaired) electrons. The van der Waals surface area contributed by atoms with Gasteiger partial charge in [0.1, 0.15) is 6.54 Å². The van der Waals surface area contributed by atoms with Gasteiger partial charge in [-0.3, -0.25) is 9.59 Å². The van der Waals surface area contributed by atoms with Crippen LogP contribution in [0.4, 0.5) is 0 Å². The summed E-state index contributed by atoms with van der Waals surface area (Å²) in [5.41, 5.74) is 5.43. The van der Waals surface area contributed by atoms with E-state index in [1.807, 2.05) is 13.8 Å². The average molecular weight is 286 g/mol. The molecule has 0 saturated heterocycles. The molecule has 20 heavy (non-hydrogen) atoms. The highest BCUT2D eigenvalue weighted by molar-refractivity contribution is 5.82. The number of esters is 1. The molecule has 0 unspecified atom stereocenters.